The highest BCUT2D eigenvalue weighted by molar-refractivity contribution is 7.89. The number of carbonyl (C=O) groups is 1. The van der Waals surface area contributed by atoms with Crippen molar-refractivity contribution < 1.29 is 13.2 Å². The quantitative estimate of drug-likeness (QED) is 0.625. The van der Waals surface area contributed by atoms with Crippen molar-refractivity contribution in [1.29, 1.82) is 0 Å². The summed E-state index contributed by atoms with van der Waals surface area (Å²) in [6, 6.07) is 0. The maximum Gasteiger partial charge on any atom is 0.235 e. The smallest absolute Gasteiger partial charge is 0.235 e. The first-order valence-corrected chi connectivity index (χ1v) is 7.12. The maximum atomic E-state index is 11.4. The van der Waals surface area contributed by atoms with Crippen LogP contribution < -0.4 is 10.6 Å². The summed E-state index contributed by atoms with van der Waals surface area (Å²) >= 11 is 0. The zero-order valence-corrected chi connectivity index (χ0v) is 11.6. The molecule has 0 aromatic heterocycles. The molecule has 0 spiro atoms. The summed E-state index contributed by atoms with van der Waals surface area (Å²) in [5.41, 5.74) is 0. The van der Waals surface area contributed by atoms with Gasteiger partial charge in [0.15, 0.2) is 0 Å². The van der Waals surface area contributed by atoms with Gasteiger partial charge in [0.25, 0.3) is 0 Å². The Morgan fingerprint density at radius 2 is 2.06 bits per heavy atom. The van der Waals surface area contributed by atoms with Gasteiger partial charge in [0.05, 0.1) is 12.3 Å². The molecule has 17 heavy (non-hydrogen) atoms. The number of sulfonamides is 1. The summed E-state index contributed by atoms with van der Waals surface area (Å²) in [6.07, 6.45) is 0.618. The molecule has 0 atom stereocenters. The minimum Gasteiger partial charge on any atom is -0.354 e. The Labute approximate surface area is 109 Å². The molecule has 0 aliphatic carbocycles. The van der Waals surface area contributed by atoms with Crippen molar-refractivity contribution in [3.05, 3.63) is 0 Å². The van der Waals surface area contributed by atoms with Crippen molar-refractivity contribution in [1.82, 2.24) is 14.9 Å². The lowest BCUT2D eigenvalue weighted by Gasteiger charge is -2.13. The fourth-order valence-corrected chi connectivity index (χ4v) is 3.03. The number of likely N-dealkylation sites (N-methyl/N-ethyl adjacent to an activating group) is 1. The molecule has 1 amide bonds. The van der Waals surface area contributed by atoms with E-state index in [-0.39, 0.29) is 30.6 Å². The van der Waals surface area contributed by atoms with Crippen LogP contribution in [0.2, 0.25) is 0 Å². The SMILES string of the molecule is CCNCCNC(=O)CN1CCCS1(=O)=O.Cl. The molecule has 6 nitrogen and oxygen atoms in total. The molecule has 2 N–H and O–H groups in total. The predicted octanol–water partition coefficient (Wildman–Crippen LogP) is -0.831. The number of hydrogen-bond donors (Lipinski definition) is 2. The molecule has 0 aromatic rings. The van der Waals surface area contributed by atoms with E-state index in [2.05, 4.69) is 10.6 Å². The van der Waals surface area contributed by atoms with Gasteiger partial charge in [-0.15, -0.1) is 12.4 Å². The van der Waals surface area contributed by atoms with Crippen LogP contribution >= 0.6 is 12.4 Å². The van der Waals surface area contributed by atoms with E-state index in [0.29, 0.717) is 26.1 Å². The van der Waals surface area contributed by atoms with Crippen molar-refractivity contribution in [2.24, 2.45) is 0 Å². The van der Waals surface area contributed by atoms with Crippen molar-refractivity contribution >= 4 is 28.3 Å². The number of amides is 1. The summed E-state index contributed by atoms with van der Waals surface area (Å²) < 4.78 is 24.1. The fourth-order valence-electron chi connectivity index (χ4n) is 1.55. The Morgan fingerprint density at radius 1 is 1.35 bits per heavy atom. The van der Waals surface area contributed by atoms with Gasteiger partial charge in [-0.3, -0.25) is 4.79 Å². The molecule has 1 aliphatic heterocycles. The predicted molar refractivity (Wildman–Crippen MR) is 68.8 cm³/mol. The van der Waals surface area contributed by atoms with E-state index in [1.807, 2.05) is 6.92 Å². The van der Waals surface area contributed by atoms with Gasteiger partial charge in [0, 0.05) is 19.6 Å². The summed E-state index contributed by atoms with van der Waals surface area (Å²) in [5, 5.41) is 5.74. The topological polar surface area (TPSA) is 78.5 Å². The van der Waals surface area contributed by atoms with E-state index < -0.39 is 10.0 Å². The van der Waals surface area contributed by atoms with Gasteiger partial charge in [-0.1, -0.05) is 6.92 Å². The van der Waals surface area contributed by atoms with Crippen LogP contribution in [0.15, 0.2) is 0 Å². The van der Waals surface area contributed by atoms with Crippen LogP contribution in [0.4, 0.5) is 0 Å². The van der Waals surface area contributed by atoms with Gasteiger partial charge in [-0.25, -0.2) is 8.42 Å². The molecule has 1 saturated heterocycles. The van der Waals surface area contributed by atoms with E-state index in [0.717, 1.165) is 6.54 Å². The third kappa shape index (κ3) is 5.67. The molecular formula is C9H20ClN3O3S. The number of halogens is 1. The maximum absolute atomic E-state index is 11.4. The lowest BCUT2D eigenvalue weighted by molar-refractivity contribution is -0.121. The van der Waals surface area contributed by atoms with Crippen LogP contribution in [0.25, 0.3) is 0 Å². The van der Waals surface area contributed by atoms with E-state index >= 15 is 0 Å². The lowest BCUT2D eigenvalue weighted by atomic mass is 10.4. The second-order valence-electron chi connectivity index (χ2n) is 3.71. The van der Waals surface area contributed by atoms with Gasteiger partial charge < -0.3 is 10.6 Å². The van der Waals surface area contributed by atoms with E-state index in [9.17, 15) is 13.2 Å². The van der Waals surface area contributed by atoms with Gasteiger partial charge >= 0.3 is 0 Å². The lowest BCUT2D eigenvalue weighted by Crippen LogP contribution is -2.40. The highest BCUT2D eigenvalue weighted by atomic mass is 35.5. The van der Waals surface area contributed by atoms with Crippen molar-refractivity contribution in [2.75, 3.05) is 38.5 Å². The monoisotopic (exact) mass is 285 g/mol. The fraction of sp³-hybridized carbons (Fsp3) is 0.889. The second-order valence-corrected chi connectivity index (χ2v) is 5.80. The zero-order chi connectivity index (χ0) is 12.0. The molecule has 1 heterocycles. The molecule has 1 fully saturated rings. The number of nitrogens with zero attached hydrogens (tertiary/aromatic N) is 1. The molecule has 0 radical (unpaired) electrons. The minimum absolute atomic E-state index is 0. The second kappa shape index (κ2) is 7.86. The molecule has 0 aromatic carbocycles. The summed E-state index contributed by atoms with van der Waals surface area (Å²) in [5.74, 6) is -0.0686. The average Bonchev–Trinajstić information content (AvgIpc) is 2.53. The first-order chi connectivity index (χ1) is 7.56. The van der Waals surface area contributed by atoms with Crippen molar-refractivity contribution in [3.63, 3.8) is 0 Å². The Balaban J connectivity index is 0.00000256. The number of carbonyl (C=O) groups excluding carboxylic acids is 1. The number of nitrogens with one attached hydrogen (secondary N) is 2. The Bertz CT molecular complexity index is 334. The van der Waals surface area contributed by atoms with Crippen LogP contribution in [0.1, 0.15) is 13.3 Å². The van der Waals surface area contributed by atoms with Crippen molar-refractivity contribution in [2.45, 2.75) is 13.3 Å². The molecule has 1 aliphatic rings. The van der Waals surface area contributed by atoms with Gasteiger partial charge in [-0.2, -0.15) is 4.31 Å². The van der Waals surface area contributed by atoms with Crippen LogP contribution in [0.3, 0.4) is 0 Å². The van der Waals surface area contributed by atoms with E-state index in [1.165, 1.54) is 4.31 Å². The Kier molecular flexibility index (Phi) is 7.69. The number of rotatable bonds is 6. The van der Waals surface area contributed by atoms with Crippen LogP contribution in [-0.2, 0) is 14.8 Å². The standard InChI is InChI=1S/C9H19N3O3S.ClH/c1-2-10-4-5-11-9(13)8-12-6-3-7-16(12,14)15;/h10H,2-8H2,1H3,(H,11,13);1H. The average molecular weight is 286 g/mol. The molecule has 0 saturated carbocycles. The molecule has 102 valence electrons. The highest BCUT2D eigenvalue weighted by Gasteiger charge is 2.29. The van der Waals surface area contributed by atoms with Gasteiger partial charge in [0.1, 0.15) is 0 Å². The van der Waals surface area contributed by atoms with Gasteiger partial charge in [0.2, 0.25) is 15.9 Å². The summed E-state index contributed by atoms with van der Waals surface area (Å²) in [6.45, 7) is 4.49. The zero-order valence-electron chi connectivity index (χ0n) is 9.94. The van der Waals surface area contributed by atoms with E-state index in [4.69, 9.17) is 0 Å². The molecule has 0 bridgehead atoms. The summed E-state index contributed by atoms with van der Waals surface area (Å²) in [4.78, 5) is 11.4. The Hall–Kier alpha value is -0.370. The normalized spacial score (nSPS) is 18.6. The van der Waals surface area contributed by atoms with Crippen molar-refractivity contribution in [3.8, 4) is 0 Å². The first kappa shape index (κ1) is 16.6. The van der Waals surface area contributed by atoms with E-state index in [1.54, 1.807) is 0 Å². The van der Waals surface area contributed by atoms with Crippen LogP contribution in [0.5, 0.6) is 0 Å². The molecule has 1 rings (SSSR count). The molecular weight excluding hydrogens is 266 g/mol. The Morgan fingerprint density at radius 3 is 2.59 bits per heavy atom. The third-order valence-corrected chi connectivity index (χ3v) is 4.30. The van der Waals surface area contributed by atoms with Crippen LogP contribution in [-0.4, -0.2) is 57.1 Å². The van der Waals surface area contributed by atoms with Crippen LogP contribution in [0, 0.1) is 0 Å². The largest absolute Gasteiger partial charge is 0.354 e. The molecule has 8 heteroatoms. The third-order valence-electron chi connectivity index (χ3n) is 2.40. The first-order valence-electron chi connectivity index (χ1n) is 5.51. The number of hydrogen-bond acceptors (Lipinski definition) is 4. The minimum atomic E-state index is -3.16. The van der Waals surface area contributed by atoms with Gasteiger partial charge in [-0.05, 0) is 13.0 Å². The molecule has 0 unspecified atom stereocenters. The highest BCUT2D eigenvalue weighted by Crippen LogP contribution is 2.11. The summed E-state index contributed by atoms with van der Waals surface area (Å²) in [7, 11) is -3.16.